The van der Waals surface area contributed by atoms with Crippen molar-refractivity contribution >= 4 is 11.9 Å². The Hall–Kier alpha value is -2.05. The molecule has 2 rings (SSSR count). The average Bonchev–Trinajstić information content (AvgIpc) is 2.41. The largest absolute Gasteiger partial charge is 0.467 e. The summed E-state index contributed by atoms with van der Waals surface area (Å²) in [5.41, 5.74) is -1.27. The minimum Gasteiger partial charge on any atom is -0.467 e. The molecule has 22 heavy (non-hydrogen) atoms. The van der Waals surface area contributed by atoms with Crippen LogP contribution < -0.4 is 5.32 Å². The van der Waals surface area contributed by atoms with Crippen molar-refractivity contribution in [3.05, 3.63) is 35.4 Å². The number of alkyl halides is 3. The zero-order chi connectivity index (χ0) is 16.3. The van der Waals surface area contributed by atoms with Crippen molar-refractivity contribution in [2.75, 3.05) is 7.11 Å². The van der Waals surface area contributed by atoms with E-state index in [2.05, 4.69) is 10.1 Å². The standard InChI is InChI=1S/C15H16F3NO3/c1-22-14(21)12(19-13(20)9-5-4-6-9)10-7-2-3-8-11(10)15(16,17)18/h2-3,7-9,12H,4-6H2,1H3,(H,19,20)/t12-/m0/s1. The van der Waals surface area contributed by atoms with Crippen LogP contribution in [0.2, 0.25) is 0 Å². The van der Waals surface area contributed by atoms with Gasteiger partial charge in [0.25, 0.3) is 0 Å². The highest BCUT2D eigenvalue weighted by Crippen LogP contribution is 2.35. The summed E-state index contributed by atoms with van der Waals surface area (Å²) in [6.45, 7) is 0. The van der Waals surface area contributed by atoms with Crippen LogP contribution in [0.15, 0.2) is 24.3 Å². The van der Waals surface area contributed by atoms with E-state index in [-0.39, 0.29) is 11.5 Å². The Kier molecular flexibility index (Phi) is 4.73. The molecule has 1 aliphatic rings. The van der Waals surface area contributed by atoms with Crippen LogP contribution in [-0.4, -0.2) is 19.0 Å². The van der Waals surface area contributed by atoms with E-state index in [1.807, 2.05) is 0 Å². The van der Waals surface area contributed by atoms with Gasteiger partial charge in [0, 0.05) is 5.92 Å². The first kappa shape index (κ1) is 16.3. The van der Waals surface area contributed by atoms with E-state index < -0.39 is 29.7 Å². The third-order valence-electron chi connectivity index (χ3n) is 3.78. The highest BCUT2D eigenvalue weighted by Gasteiger charge is 2.38. The van der Waals surface area contributed by atoms with Gasteiger partial charge in [-0.1, -0.05) is 24.6 Å². The first-order chi connectivity index (χ1) is 10.3. The number of esters is 1. The highest BCUT2D eigenvalue weighted by molar-refractivity contribution is 5.87. The Balaban J connectivity index is 2.33. The number of rotatable bonds is 4. The van der Waals surface area contributed by atoms with E-state index >= 15 is 0 Å². The molecule has 7 heteroatoms. The van der Waals surface area contributed by atoms with Gasteiger partial charge in [0.2, 0.25) is 5.91 Å². The molecule has 0 bridgehead atoms. The summed E-state index contributed by atoms with van der Waals surface area (Å²) in [5.74, 6) is -1.59. The molecular weight excluding hydrogens is 299 g/mol. The Bertz CT molecular complexity index is 567. The second-order valence-corrected chi connectivity index (χ2v) is 5.18. The molecule has 1 aliphatic carbocycles. The van der Waals surface area contributed by atoms with Gasteiger partial charge in [0.15, 0.2) is 6.04 Å². The SMILES string of the molecule is COC(=O)[C@@H](NC(=O)C1CCC1)c1ccccc1C(F)(F)F. The Morgan fingerprint density at radius 1 is 1.27 bits per heavy atom. The van der Waals surface area contributed by atoms with Gasteiger partial charge < -0.3 is 10.1 Å². The number of methoxy groups -OCH3 is 1. The summed E-state index contributed by atoms with van der Waals surface area (Å²) in [7, 11) is 1.07. The second-order valence-electron chi connectivity index (χ2n) is 5.18. The molecule has 4 nitrogen and oxygen atoms in total. The number of carbonyl (C=O) groups excluding carboxylic acids is 2. The quantitative estimate of drug-likeness (QED) is 0.869. The van der Waals surface area contributed by atoms with Crippen molar-refractivity contribution in [3.8, 4) is 0 Å². The zero-order valence-electron chi connectivity index (χ0n) is 11.9. The summed E-state index contributed by atoms with van der Waals surface area (Å²) in [6, 6.07) is 3.20. The number of hydrogen-bond donors (Lipinski definition) is 1. The van der Waals surface area contributed by atoms with Crippen LogP contribution >= 0.6 is 0 Å². The molecule has 0 unspecified atom stereocenters. The van der Waals surface area contributed by atoms with Crippen molar-refractivity contribution in [2.45, 2.75) is 31.5 Å². The predicted octanol–water partition coefficient (Wildman–Crippen LogP) is 2.84. The fourth-order valence-electron chi connectivity index (χ4n) is 2.32. The average molecular weight is 315 g/mol. The Labute approximate surface area is 125 Å². The van der Waals surface area contributed by atoms with E-state index in [1.165, 1.54) is 18.2 Å². The fourth-order valence-corrected chi connectivity index (χ4v) is 2.32. The minimum atomic E-state index is -4.62. The number of hydrogen-bond acceptors (Lipinski definition) is 3. The molecule has 1 atom stereocenters. The van der Waals surface area contributed by atoms with Crippen LogP contribution in [0.3, 0.4) is 0 Å². The Morgan fingerprint density at radius 3 is 2.41 bits per heavy atom. The maximum Gasteiger partial charge on any atom is 0.416 e. The maximum atomic E-state index is 13.1. The lowest BCUT2D eigenvalue weighted by Crippen LogP contribution is -2.41. The van der Waals surface area contributed by atoms with E-state index in [9.17, 15) is 22.8 Å². The summed E-state index contributed by atoms with van der Waals surface area (Å²) < 4.78 is 43.8. The number of halogens is 3. The molecule has 0 aliphatic heterocycles. The lowest BCUT2D eigenvalue weighted by atomic mass is 9.84. The van der Waals surface area contributed by atoms with Gasteiger partial charge in [-0.2, -0.15) is 13.2 Å². The molecule has 0 spiro atoms. The molecule has 1 fully saturated rings. The van der Waals surface area contributed by atoms with Crippen molar-refractivity contribution < 1.29 is 27.5 Å². The molecule has 120 valence electrons. The topological polar surface area (TPSA) is 55.4 Å². The van der Waals surface area contributed by atoms with Gasteiger partial charge in [0.1, 0.15) is 0 Å². The van der Waals surface area contributed by atoms with Crippen LogP contribution in [0.4, 0.5) is 13.2 Å². The molecule has 1 aromatic rings. The summed E-state index contributed by atoms with van der Waals surface area (Å²) in [4.78, 5) is 23.8. The fraction of sp³-hybridized carbons (Fsp3) is 0.467. The summed E-state index contributed by atoms with van der Waals surface area (Å²) in [5, 5.41) is 2.38. The lowest BCUT2D eigenvalue weighted by Gasteiger charge is -2.27. The molecule has 1 saturated carbocycles. The third-order valence-corrected chi connectivity index (χ3v) is 3.78. The Morgan fingerprint density at radius 2 is 1.91 bits per heavy atom. The van der Waals surface area contributed by atoms with Crippen LogP contribution in [0, 0.1) is 5.92 Å². The van der Waals surface area contributed by atoms with Crippen LogP contribution in [-0.2, 0) is 20.5 Å². The normalized spacial score (nSPS) is 16.5. The molecule has 0 heterocycles. The van der Waals surface area contributed by atoms with E-state index in [1.54, 1.807) is 0 Å². The molecule has 0 saturated heterocycles. The number of benzene rings is 1. The van der Waals surface area contributed by atoms with Gasteiger partial charge in [-0.15, -0.1) is 0 Å². The first-order valence-corrected chi connectivity index (χ1v) is 6.89. The molecule has 1 aromatic carbocycles. The summed E-state index contributed by atoms with van der Waals surface area (Å²) in [6.07, 6.45) is -2.36. The van der Waals surface area contributed by atoms with Crippen LogP contribution in [0.5, 0.6) is 0 Å². The smallest absolute Gasteiger partial charge is 0.416 e. The van der Waals surface area contributed by atoms with Gasteiger partial charge in [-0.3, -0.25) is 4.79 Å². The number of carbonyl (C=O) groups is 2. The molecular formula is C15H16F3NO3. The number of amides is 1. The van der Waals surface area contributed by atoms with E-state index in [0.717, 1.165) is 19.6 Å². The zero-order valence-corrected chi connectivity index (χ0v) is 11.9. The predicted molar refractivity (Wildman–Crippen MR) is 71.7 cm³/mol. The second kappa shape index (κ2) is 6.37. The van der Waals surface area contributed by atoms with Crippen LogP contribution in [0.25, 0.3) is 0 Å². The molecule has 1 N–H and O–H groups in total. The van der Waals surface area contributed by atoms with Crippen molar-refractivity contribution in [3.63, 3.8) is 0 Å². The lowest BCUT2D eigenvalue weighted by molar-refractivity contribution is -0.147. The third kappa shape index (κ3) is 3.40. The minimum absolute atomic E-state index is 0.245. The number of ether oxygens (including phenoxy) is 1. The maximum absolute atomic E-state index is 13.1. The van der Waals surface area contributed by atoms with Crippen molar-refractivity contribution in [1.29, 1.82) is 0 Å². The summed E-state index contributed by atoms with van der Waals surface area (Å²) >= 11 is 0. The van der Waals surface area contributed by atoms with E-state index in [4.69, 9.17) is 0 Å². The van der Waals surface area contributed by atoms with Gasteiger partial charge in [0.05, 0.1) is 12.7 Å². The van der Waals surface area contributed by atoms with Gasteiger partial charge >= 0.3 is 12.1 Å². The molecule has 1 amide bonds. The highest BCUT2D eigenvalue weighted by atomic mass is 19.4. The van der Waals surface area contributed by atoms with Crippen molar-refractivity contribution in [1.82, 2.24) is 5.32 Å². The van der Waals surface area contributed by atoms with Crippen molar-refractivity contribution in [2.24, 2.45) is 5.92 Å². The van der Waals surface area contributed by atoms with Gasteiger partial charge in [-0.25, -0.2) is 4.79 Å². The first-order valence-electron chi connectivity index (χ1n) is 6.89. The van der Waals surface area contributed by atoms with Gasteiger partial charge in [-0.05, 0) is 24.5 Å². The monoisotopic (exact) mass is 315 g/mol. The van der Waals surface area contributed by atoms with E-state index in [0.29, 0.717) is 12.8 Å². The van der Waals surface area contributed by atoms with Crippen LogP contribution in [0.1, 0.15) is 36.4 Å². The molecule has 0 aromatic heterocycles. The molecule has 0 radical (unpaired) electrons. The number of nitrogens with one attached hydrogen (secondary N) is 1.